The van der Waals surface area contributed by atoms with E-state index in [-0.39, 0.29) is 6.04 Å². The molecule has 1 atom stereocenters. The van der Waals surface area contributed by atoms with Crippen LogP contribution < -0.4 is 10.6 Å². The van der Waals surface area contributed by atoms with E-state index in [2.05, 4.69) is 4.98 Å². The van der Waals surface area contributed by atoms with Gasteiger partial charge in [0.25, 0.3) is 0 Å². The van der Waals surface area contributed by atoms with E-state index in [4.69, 9.17) is 5.73 Å². The molecule has 0 spiro atoms. The Morgan fingerprint density at radius 3 is 2.50 bits per heavy atom. The van der Waals surface area contributed by atoms with Crippen molar-refractivity contribution in [1.82, 2.24) is 4.98 Å². The van der Waals surface area contributed by atoms with Crippen LogP contribution in [0.1, 0.15) is 32.5 Å². The topological polar surface area (TPSA) is 62.4 Å². The fourth-order valence-corrected chi connectivity index (χ4v) is 1.56. The zero-order valence-electron chi connectivity index (χ0n) is 10.4. The van der Waals surface area contributed by atoms with E-state index in [0.29, 0.717) is 6.54 Å². The molecular weight excluding hydrogens is 202 g/mol. The van der Waals surface area contributed by atoms with Gasteiger partial charge in [-0.2, -0.15) is 0 Å². The van der Waals surface area contributed by atoms with Crippen LogP contribution in [0, 0.1) is 0 Å². The number of aliphatic hydroxyl groups is 1. The molecule has 1 aromatic rings. The molecule has 0 radical (unpaired) electrons. The van der Waals surface area contributed by atoms with Gasteiger partial charge in [0.05, 0.1) is 23.2 Å². The zero-order chi connectivity index (χ0) is 12.3. The van der Waals surface area contributed by atoms with E-state index in [0.717, 1.165) is 11.4 Å². The fourth-order valence-electron chi connectivity index (χ4n) is 1.56. The highest BCUT2D eigenvalue weighted by atomic mass is 16.3. The number of likely N-dealkylation sites (N-methyl/N-ethyl adjacent to an activating group) is 1. The number of nitrogens with two attached hydrogens (primary N) is 1. The van der Waals surface area contributed by atoms with Crippen molar-refractivity contribution in [1.29, 1.82) is 0 Å². The lowest BCUT2D eigenvalue weighted by Crippen LogP contribution is -2.36. The van der Waals surface area contributed by atoms with Gasteiger partial charge in [0.2, 0.25) is 0 Å². The van der Waals surface area contributed by atoms with Crippen molar-refractivity contribution in [3.8, 4) is 0 Å². The smallest absolute Gasteiger partial charge is 0.0765 e. The maximum atomic E-state index is 9.71. The number of nitrogens with zero attached hydrogens (tertiary/aromatic N) is 2. The average molecular weight is 223 g/mol. The number of pyridine rings is 1. The fraction of sp³-hybridized carbons (Fsp3) is 0.583. The lowest BCUT2D eigenvalue weighted by Gasteiger charge is -2.27. The molecule has 3 N–H and O–H groups in total. The Morgan fingerprint density at radius 2 is 2.12 bits per heavy atom. The maximum absolute atomic E-state index is 9.71. The molecule has 0 aliphatic heterocycles. The third kappa shape index (κ3) is 3.79. The van der Waals surface area contributed by atoms with Gasteiger partial charge >= 0.3 is 0 Å². The molecule has 0 unspecified atom stereocenters. The largest absolute Gasteiger partial charge is 0.389 e. The lowest BCUT2D eigenvalue weighted by atomic mass is 10.1. The quantitative estimate of drug-likeness (QED) is 0.808. The molecular formula is C12H21N3O. The molecule has 1 aromatic heterocycles. The molecule has 0 fully saturated rings. The Bertz CT molecular complexity index is 327. The van der Waals surface area contributed by atoms with E-state index in [1.54, 1.807) is 20.0 Å². The first kappa shape index (κ1) is 12.9. The van der Waals surface area contributed by atoms with Crippen molar-refractivity contribution >= 4 is 5.69 Å². The summed E-state index contributed by atoms with van der Waals surface area (Å²) in [7, 11) is 1.93. The molecule has 1 heterocycles. The predicted octanol–water partition coefficient (Wildman–Crippen LogP) is 1.31. The standard InChI is InChI=1S/C12H21N3O/c1-9(13)11-6-5-10(7-14-11)15(4)8-12(2,3)16/h5-7,9,16H,8,13H2,1-4H3/t9-/m0/s1. The summed E-state index contributed by atoms with van der Waals surface area (Å²) in [6.07, 6.45) is 1.78. The summed E-state index contributed by atoms with van der Waals surface area (Å²) >= 11 is 0. The van der Waals surface area contributed by atoms with Gasteiger partial charge < -0.3 is 15.7 Å². The van der Waals surface area contributed by atoms with Gasteiger partial charge in [0.15, 0.2) is 0 Å². The molecule has 90 valence electrons. The first-order chi connectivity index (χ1) is 7.29. The monoisotopic (exact) mass is 223 g/mol. The average Bonchev–Trinajstić information content (AvgIpc) is 2.15. The van der Waals surface area contributed by atoms with Gasteiger partial charge in [-0.1, -0.05) is 0 Å². The second-order valence-corrected chi connectivity index (χ2v) is 4.90. The molecule has 0 bridgehead atoms. The van der Waals surface area contributed by atoms with Crippen LogP contribution >= 0.6 is 0 Å². The Morgan fingerprint density at radius 1 is 1.50 bits per heavy atom. The number of hydrogen-bond donors (Lipinski definition) is 2. The second-order valence-electron chi connectivity index (χ2n) is 4.90. The van der Waals surface area contributed by atoms with Crippen molar-refractivity contribution in [2.45, 2.75) is 32.4 Å². The molecule has 0 aromatic carbocycles. The minimum absolute atomic E-state index is 0.0476. The minimum Gasteiger partial charge on any atom is -0.389 e. The summed E-state index contributed by atoms with van der Waals surface area (Å²) < 4.78 is 0. The summed E-state index contributed by atoms with van der Waals surface area (Å²) in [6.45, 7) is 6.04. The summed E-state index contributed by atoms with van der Waals surface area (Å²) in [5.41, 5.74) is 6.87. The van der Waals surface area contributed by atoms with Crippen LogP contribution in [0.15, 0.2) is 18.3 Å². The molecule has 0 amide bonds. The highest BCUT2D eigenvalue weighted by molar-refractivity contribution is 5.44. The van der Waals surface area contributed by atoms with Crippen molar-refractivity contribution < 1.29 is 5.11 Å². The summed E-state index contributed by atoms with van der Waals surface area (Å²) in [5.74, 6) is 0. The molecule has 0 saturated carbocycles. The predicted molar refractivity (Wildman–Crippen MR) is 66.4 cm³/mol. The third-order valence-electron chi connectivity index (χ3n) is 2.30. The number of anilines is 1. The molecule has 1 rings (SSSR count). The van der Waals surface area contributed by atoms with Crippen molar-refractivity contribution in [2.75, 3.05) is 18.5 Å². The SMILES string of the molecule is C[C@H](N)c1ccc(N(C)CC(C)(C)O)cn1. The van der Waals surface area contributed by atoms with Gasteiger partial charge in [0.1, 0.15) is 0 Å². The second kappa shape index (κ2) is 4.80. The van der Waals surface area contributed by atoms with Crippen LogP contribution in [-0.2, 0) is 0 Å². The molecule has 0 aliphatic carbocycles. The highest BCUT2D eigenvalue weighted by Gasteiger charge is 2.16. The maximum Gasteiger partial charge on any atom is 0.0765 e. The van der Waals surface area contributed by atoms with Gasteiger partial charge in [-0.05, 0) is 32.9 Å². The van der Waals surface area contributed by atoms with Gasteiger partial charge in [-0.15, -0.1) is 0 Å². The van der Waals surface area contributed by atoms with Crippen LogP contribution in [-0.4, -0.2) is 29.3 Å². The Labute approximate surface area is 97.1 Å². The summed E-state index contributed by atoms with van der Waals surface area (Å²) in [6, 6.07) is 3.84. The zero-order valence-corrected chi connectivity index (χ0v) is 10.4. The van der Waals surface area contributed by atoms with Gasteiger partial charge in [0, 0.05) is 19.6 Å². The van der Waals surface area contributed by atoms with Crippen molar-refractivity contribution in [2.24, 2.45) is 5.73 Å². The Hall–Kier alpha value is -1.13. The van der Waals surface area contributed by atoms with Crippen molar-refractivity contribution in [3.05, 3.63) is 24.0 Å². The number of rotatable bonds is 4. The third-order valence-corrected chi connectivity index (χ3v) is 2.30. The van der Waals surface area contributed by atoms with Crippen LogP contribution in [0.25, 0.3) is 0 Å². The Kier molecular flexibility index (Phi) is 3.88. The lowest BCUT2D eigenvalue weighted by molar-refractivity contribution is 0.0886. The number of aromatic nitrogens is 1. The van der Waals surface area contributed by atoms with Crippen LogP contribution in [0.3, 0.4) is 0 Å². The highest BCUT2D eigenvalue weighted by Crippen LogP contribution is 2.16. The molecule has 0 saturated heterocycles. The molecule has 4 nitrogen and oxygen atoms in total. The van der Waals surface area contributed by atoms with Gasteiger partial charge in [-0.3, -0.25) is 4.98 Å². The van der Waals surface area contributed by atoms with Crippen LogP contribution in [0.4, 0.5) is 5.69 Å². The van der Waals surface area contributed by atoms with E-state index < -0.39 is 5.60 Å². The first-order valence-electron chi connectivity index (χ1n) is 5.44. The van der Waals surface area contributed by atoms with E-state index in [1.807, 2.05) is 31.0 Å². The first-order valence-corrected chi connectivity index (χ1v) is 5.44. The van der Waals surface area contributed by atoms with E-state index >= 15 is 0 Å². The molecule has 4 heteroatoms. The normalized spacial score (nSPS) is 13.6. The summed E-state index contributed by atoms with van der Waals surface area (Å²) in [5, 5.41) is 9.71. The van der Waals surface area contributed by atoms with Gasteiger partial charge in [-0.25, -0.2) is 0 Å². The van der Waals surface area contributed by atoms with E-state index in [9.17, 15) is 5.11 Å². The molecule has 16 heavy (non-hydrogen) atoms. The Balaban J connectivity index is 2.74. The van der Waals surface area contributed by atoms with Crippen molar-refractivity contribution in [3.63, 3.8) is 0 Å². The molecule has 0 aliphatic rings. The van der Waals surface area contributed by atoms with Crippen LogP contribution in [0.2, 0.25) is 0 Å². The van der Waals surface area contributed by atoms with E-state index in [1.165, 1.54) is 0 Å². The number of hydrogen-bond acceptors (Lipinski definition) is 4. The minimum atomic E-state index is -0.714. The van der Waals surface area contributed by atoms with Crippen LogP contribution in [0.5, 0.6) is 0 Å². The summed E-state index contributed by atoms with van der Waals surface area (Å²) in [4.78, 5) is 6.25.